The molecule has 0 fully saturated rings. The van der Waals surface area contributed by atoms with Crippen molar-refractivity contribution in [3.63, 3.8) is 0 Å². The molecule has 5 nitrogen and oxygen atoms in total. The van der Waals surface area contributed by atoms with Crippen LogP contribution >= 0.6 is 11.3 Å². The van der Waals surface area contributed by atoms with Gasteiger partial charge in [0.25, 0.3) is 0 Å². The third-order valence-corrected chi connectivity index (χ3v) is 4.24. The van der Waals surface area contributed by atoms with Crippen molar-refractivity contribution in [1.29, 1.82) is 0 Å². The highest BCUT2D eigenvalue weighted by Crippen LogP contribution is 2.24. The summed E-state index contributed by atoms with van der Waals surface area (Å²) in [5.41, 5.74) is 5.75. The van der Waals surface area contributed by atoms with Gasteiger partial charge in [0, 0.05) is 10.9 Å². The Kier molecular flexibility index (Phi) is 4.92. The molecule has 1 aliphatic carbocycles. The number of rotatable bonds is 5. The average Bonchev–Trinajstić information content (AvgIpc) is 3.08. The van der Waals surface area contributed by atoms with E-state index >= 15 is 0 Å². The minimum atomic E-state index is -0.347. The van der Waals surface area contributed by atoms with Crippen LogP contribution in [-0.4, -0.2) is 25.0 Å². The number of esters is 1. The van der Waals surface area contributed by atoms with Crippen LogP contribution in [0.25, 0.3) is 0 Å². The summed E-state index contributed by atoms with van der Waals surface area (Å²) in [6.45, 7) is 0. The Bertz CT molecular complexity index is 499. The molecular formula is C14H18N2O3S. The van der Waals surface area contributed by atoms with Crippen molar-refractivity contribution in [2.45, 2.75) is 24.9 Å². The van der Waals surface area contributed by atoms with Crippen LogP contribution in [0.1, 0.15) is 23.8 Å². The van der Waals surface area contributed by atoms with Crippen molar-refractivity contribution < 1.29 is 14.3 Å². The van der Waals surface area contributed by atoms with Gasteiger partial charge in [0.15, 0.2) is 0 Å². The lowest BCUT2D eigenvalue weighted by atomic mass is 10.1. The van der Waals surface area contributed by atoms with Gasteiger partial charge in [-0.05, 0) is 17.9 Å². The number of amides is 1. The van der Waals surface area contributed by atoms with Crippen molar-refractivity contribution in [1.82, 2.24) is 5.32 Å². The van der Waals surface area contributed by atoms with Crippen molar-refractivity contribution in [3.8, 4) is 0 Å². The quantitative estimate of drug-likeness (QED) is 0.635. The second-order valence-corrected chi connectivity index (χ2v) is 5.73. The largest absolute Gasteiger partial charge is 0.469 e. The molecule has 0 radical (unpaired) electrons. The van der Waals surface area contributed by atoms with Gasteiger partial charge in [0.2, 0.25) is 5.91 Å². The van der Waals surface area contributed by atoms with E-state index in [4.69, 9.17) is 5.73 Å². The van der Waals surface area contributed by atoms with Gasteiger partial charge < -0.3 is 15.8 Å². The van der Waals surface area contributed by atoms with E-state index in [1.165, 1.54) is 18.4 Å². The molecule has 1 heterocycles. The maximum absolute atomic E-state index is 12.2. The highest BCUT2D eigenvalue weighted by Gasteiger charge is 2.26. The first-order valence-electron chi connectivity index (χ1n) is 6.44. The average molecular weight is 294 g/mol. The number of hydrogen-bond donors (Lipinski definition) is 2. The molecule has 1 aromatic heterocycles. The summed E-state index contributed by atoms with van der Waals surface area (Å²) in [5, 5.41) is 4.82. The number of methoxy groups -OCH3 is 1. The van der Waals surface area contributed by atoms with Crippen LogP contribution in [0, 0.1) is 5.92 Å². The first kappa shape index (κ1) is 14.7. The zero-order chi connectivity index (χ0) is 14.5. The minimum Gasteiger partial charge on any atom is -0.469 e. The molecule has 0 aromatic carbocycles. The molecule has 6 heteroatoms. The first-order valence-corrected chi connectivity index (χ1v) is 7.32. The lowest BCUT2D eigenvalue weighted by Crippen LogP contribution is -2.34. The number of ether oxygens (including phenoxy) is 1. The molecule has 1 aliphatic rings. The predicted molar refractivity (Wildman–Crippen MR) is 77.1 cm³/mol. The number of carbonyl (C=O) groups excluding carboxylic acids is 2. The SMILES string of the molecule is COC(=O)CC(NC(=O)C1C=CC(N)C1)c1cccs1. The second-order valence-electron chi connectivity index (χ2n) is 4.75. The van der Waals surface area contributed by atoms with E-state index in [9.17, 15) is 9.59 Å². The van der Waals surface area contributed by atoms with Crippen LogP contribution in [0.5, 0.6) is 0 Å². The summed E-state index contributed by atoms with van der Waals surface area (Å²) >= 11 is 1.50. The van der Waals surface area contributed by atoms with Crippen molar-refractivity contribution in [2.75, 3.05) is 7.11 Å². The number of carbonyl (C=O) groups is 2. The topological polar surface area (TPSA) is 81.4 Å². The molecular weight excluding hydrogens is 276 g/mol. The minimum absolute atomic E-state index is 0.0634. The third-order valence-electron chi connectivity index (χ3n) is 3.26. The predicted octanol–water partition coefficient (Wildman–Crippen LogP) is 1.37. The molecule has 1 amide bonds. The number of nitrogens with one attached hydrogen (secondary N) is 1. The molecule has 2 rings (SSSR count). The zero-order valence-electron chi connectivity index (χ0n) is 11.2. The van der Waals surface area contributed by atoms with Crippen LogP contribution in [-0.2, 0) is 14.3 Å². The molecule has 1 aromatic rings. The van der Waals surface area contributed by atoms with E-state index < -0.39 is 0 Å². The van der Waals surface area contributed by atoms with Gasteiger partial charge in [0.05, 0.1) is 25.5 Å². The fourth-order valence-corrected chi connectivity index (χ4v) is 2.94. The normalized spacial score (nSPS) is 22.5. The molecule has 20 heavy (non-hydrogen) atoms. The molecule has 0 bridgehead atoms. The maximum Gasteiger partial charge on any atom is 0.307 e. The molecule has 0 spiro atoms. The highest BCUT2D eigenvalue weighted by molar-refractivity contribution is 7.10. The van der Waals surface area contributed by atoms with Gasteiger partial charge in [-0.15, -0.1) is 11.3 Å². The van der Waals surface area contributed by atoms with Gasteiger partial charge in [-0.2, -0.15) is 0 Å². The van der Waals surface area contributed by atoms with E-state index in [1.807, 2.05) is 29.7 Å². The molecule has 3 atom stereocenters. The molecule has 3 unspecified atom stereocenters. The summed E-state index contributed by atoms with van der Waals surface area (Å²) in [7, 11) is 1.34. The second kappa shape index (κ2) is 6.67. The molecule has 0 saturated heterocycles. The van der Waals surface area contributed by atoms with Crippen LogP contribution < -0.4 is 11.1 Å². The Hall–Kier alpha value is -1.66. The van der Waals surface area contributed by atoms with Gasteiger partial charge in [0.1, 0.15) is 0 Å². The number of hydrogen-bond acceptors (Lipinski definition) is 5. The van der Waals surface area contributed by atoms with Crippen molar-refractivity contribution in [2.24, 2.45) is 11.7 Å². The Balaban J connectivity index is 2.02. The van der Waals surface area contributed by atoms with Gasteiger partial charge >= 0.3 is 5.97 Å². The van der Waals surface area contributed by atoms with E-state index in [0.29, 0.717) is 6.42 Å². The van der Waals surface area contributed by atoms with Crippen molar-refractivity contribution in [3.05, 3.63) is 34.5 Å². The van der Waals surface area contributed by atoms with Gasteiger partial charge in [-0.3, -0.25) is 9.59 Å². The van der Waals surface area contributed by atoms with E-state index in [-0.39, 0.29) is 36.3 Å². The Morgan fingerprint density at radius 1 is 1.55 bits per heavy atom. The summed E-state index contributed by atoms with van der Waals surface area (Å²) in [6, 6.07) is 3.38. The zero-order valence-corrected chi connectivity index (χ0v) is 12.1. The Morgan fingerprint density at radius 3 is 2.90 bits per heavy atom. The van der Waals surface area contributed by atoms with Crippen LogP contribution in [0.3, 0.4) is 0 Å². The van der Waals surface area contributed by atoms with Gasteiger partial charge in [-0.1, -0.05) is 18.2 Å². The third kappa shape index (κ3) is 3.68. The summed E-state index contributed by atoms with van der Waals surface area (Å²) in [5.74, 6) is -0.663. The maximum atomic E-state index is 12.2. The summed E-state index contributed by atoms with van der Waals surface area (Å²) in [4.78, 5) is 24.6. The molecule has 0 saturated carbocycles. The fraction of sp³-hybridized carbons (Fsp3) is 0.429. The highest BCUT2D eigenvalue weighted by atomic mass is 32.1. The molecule has 3 N–H and O–H groups in total. The molecule has 0 aliphatic heterocycles. The summed E-state index contributed by atoms with van der Waals surface area (Å²) < 4.78 is 4.68. The Labute approximate surface area is 121 Å². The van der Waals surface area contributed by atoms with Crippen LogP contribution in [0.4, 0.5) is 0 Å². The number of nitrogens with two attached hydrogens (primary N) is 1. The smallest absolute Gasteiger partial charge is 0.307 e. The van der Waals surface area contributed by atoms with E-state index in [2.05, 4.69) is 10.1 Å². The van der Waals surface area contributed by atoms with E-state index in [0.717, 1.165) is 4.88 Å². The number of thiophene rings is 1. The lowest BCUT2D eigenvalue weighted by Gasteiger charge is -2.18. The summed E-state index contributed by atoms with van der Waals surface area (Å²) in [6.07, 6.45) is 4.40. The molecule has 108 valence electrons. The standard InChI is InChI=1S/C14H18N2O3S/c1-19-13(17)8-11(12-3-2-6-20-12)16-14(18)9-4-5-10(15)7-9/h2-6,9-11H,7-8,15H2,1H3,(H,16,18). The van der Waals surface area contributed by atoms with Crippen molar-refractivity contribution >= 4 is 23.2 Å². The Morgan fingerprint density at radius 2 is 2.35 bits per heavy atom. The van der Waals surface area contributed by atoms with Crippen LogP contribution in [0.15, 0.2) is 29.7 Å². The fourth-order valence-electron chi connectivity index (χ4n) is 2.16. The van der Waals surface area contributed by atoms with Crippen LogP contribution in [0.2, 0.25) is 0 Å². The lowest BCUT2D eigenvalue weighted by molar-refractivity contribution is -0.141. The first-order chi connectivity index (χ1) is 9.60. The monoisotopic (exact) mass is 294 g/mol. The van der Waals surface area contributed by atoms with Gasteiger partial charge in [-0.25, -0.2) is 0 Å². The van der Waals surface area contributed by atoms with E-state index in [1.54, 1.807) is 0 Å².